The zero-order valence-corrected chi connectivity index (χ0v) is 13.3. The maximum Gasteiger partial charge on any atom is 0.270 e. The number of benzene rings is 1. The van der Waals surface area contributed by atoms with Crippen molar-refractivity contribution >= 4 is 33.4 Å². The molecule has 104 valence electrons. The molecule has 0 bridgehead atoms. The fourth-order valence-corrected chi connectivity index (χ4v) is 2.30. The Labute approximate surface area is 131 Å². The van der Waals surface area contributed by atoms with Gasteiger partial charge in [0.15, 0.2) is 0 Å². The third-order valence-corrected chi connectivity index (χ3v) is 3.70. The third-order valence-electron chi connectivity index (χ3n) is 2.94. The summed E-state index contributed by atoms with van der Waals surface area (Å²) in [5.41, 5.74) is 1.39. The summed E-state index contributed by atoms with van der Waals surface area (Å²) < 4.78 is 1.01. The highest BCUT2D eigenvalue weighted by atomic mass is 79.9. The second-order valence-corrected chi connectivity index (χ2v) is 5.70. The average molecular weight is 354 g/mol. The SMILES string of the molecule is CCC(NC(=O)c1cc(Cl)ccn1)c1ccc(Br)cc1. The molecule has 1 aromatic carbocycles. The highest BCUT2D eigenvalue weighted by Gasteiger charge is 2.15. The Morgan fingerprint density at radius 2 is 2.05 bits per heavy atom. The lowest BCUT2D eigenvalue weighted by molar-refractivity contribution is 0.0930. The first-order chi connectivity index (χ1) is 9.60. The van der Waals surface area contributed by atoms with Crippen molar-refractivity contribution in [3.63, 3.8) is 0 Å². The predicted molar refractivity (Wildman–Crippen MR) is 83.9 cm³/mol. The minimum atomic E-state index is -0.220. The number of hydrogen-bond donors (Lipinski definition) is 1. The number of amides is 1. The molecule has 20 heavy (non-hydrogen) atoms. The van der Waals surface area contributed by atoms with Crippen LogP contribution in [0, 0.1) is 0 Å². The van der Waals surface area contributed by atoms with E-state index in [0.717, 1.165) is 16.5 Å². The number of nitrogens with zero attached hydrogens (tertiary/aromatic N) is 1. The van der Waals surface area contributed by atoms with Gasteiger partial charge in [-0.2, -0.15) is 0 Å². The molecule has 0 aliphatic rings. The lowest BCUT2D eigenvalue weighted by Crippen LogP contribution is -2.28. The molecule has 2 rings (SSSR count). The van der Waals surface area contributed by atoms with E-state index in [9.17, 15) is 4.79 Å². The van der Waals surface area contributed by atoms with Crippen LogP contribution in [0.2, 0.25) is 5.02 Å². The third kappa shape index (κ3) is 3.81. The van der Waals surface area contributed by atoms with Gasteiger partial charge in [-0.15, -0.1) is 0 Å². The van der Waals surface area contributed by atoms with Gasteiger partial charge < -0.3 is 5.32 Å². The Morgan fingerprint density at radius 3 is 2.65 bits per heavy atom. The number of halogens is 2. The number of rotatable bonds is 4. The quantitative estimate of drug-likeness (QED) is 0.886. The number of hydrogen-bond acceptors (Lipinski definition) is 2. The Bertz CT molecular complexity index is 601. The number of carbonyl (C=O) groups is 1. The van der Waals surface area contributed by atoms with E-state index in [2.05, 4.69) is 26.2 Å². The van der Waals surface area contributed by atoms with Crippen LogP contribution in [0.1, 0.15) is 35.4 Å². The molecule has 3 nitrogen and oxygen atoms in total. The molecule has 1 atom stereocenters. The van der Waals surface area contributed by atoms with Crippen LogP contribution in [0.25, 0.3) is 0 Å². The number of pyridine rings is 1. The highest BCUT2D eigenvalue weighted by molar-refractivity contribution is 9.10. The van der Waals surface area contributed by atoms with Crippen LogP contribution in [0.15, 0.2) is 47.1 Å². The topological polar surface area (TPSA) is 42.0 Å². The number of nitrogens with one attached hydrogen (secondary N) is 1. The van der Waals surface area contributed by atoms with Crippen LogP contribution >= 0.6 is 27.5 Å². The summed E-state index contributed by atoms with van der Waals surface area (Å²) in [5, 5.41) is 3.47. The molecule has 0 saturated heterocycles. The molecule has 5 heteroatoms. The molecule has 1 amide bonds. The lowest BCUT2D eigenvalue weighted by atomic mass is 10.0. The Morgan fingerprint density at radius 1 is 1.35 bits per heavy atom. The molecule has 0 aliphatic heterocycles. The van der Waals surface area contributed by atoms with Crippen LogP contribution in [-0.4, -0.2) is 10.9 Å². The van der Waals surface area contributed by atoms with Gasteiger partial charge >= 0.3 is 0 Å². The average Bonchev–Trinajstić information content (AvgIpc) is 2.45. The van der Waals surface area contributed by atoms with E-state index in [0.29, 0.717) is 10.7 Å². The summed E-state index contributed by atoms with van der Waals surface area (Å²) in [5.74, 6) is -0.220. The fraction of sp³-hybridized carbons (Fsp3) is 0.200. The van der Waals surface area contributed by atoms with Crippen molar-refractivity contribution in [1.82, 2.24) is 10.3 Å². The van der Waals surface area contributed by atoms with Crippen molar-refractivity contribution in [1.29, 1.82) is 0 Å². The molecule has 0 saturated carbocycles. The summed E-state index contributed by atoms with van der Waals surface area (Å²) in [7, 11) is 0. The summed E-state index contributed by atoms with van der Waals surface area (Å²) in [6, 6.07) is 11.1. The van der Waals surface area contributed by atoms with E-state index < -0.39 is 0 Å². The number of aromatic nitrogens is 1. The molecule has 0 fully saturated rings. The molecule has 1 N–H and O–H groups in total. The second-order valence-electron chi connectivity index (χ2n) is 4.35. The van der Waals surface area contributed by atoms with Crippen molar-refractivity contribution in [2.24, 2.45) is 0 Å². The monoisotopic (exact) mass is 352 g/mol. The van der Waals surface area contributed by atoms with E-state index in [1.807, 2.05) is 31.2 Å². The molecular formula is C15H14BrClN2O. The zero-order valence-electron chi connectivity index (χ0n) is 10.9. The van der Waals surface area contributed by atoms with Crippen LogP contribution in [0.5, 0.6) is 0 Å². The predicted octanol–water partition coefficient (Wildman–Crippen LogP) is 4.38. The van der Waals surface area contributed by atoms with Gasteiger partial charge in [0.05, 0.1) is 6.04 Å². The van der Waals surface area contributed by atoms with Gasteiger partial charge in [0.1, 0.15) is 5.69 Å². The maximum absolute atomic E-state index is 12.2. The summed E-state index contributed by atoms with van der Waals surface area (Å²) in [6.07, 6.45) is 2.33. The van der Waals surface area contributed by atoms with Crippen molar-refractivity contribution in [2.45, 2.75) is 19.4 Å². The van der Waals surface area contributed by atoms with Gasteiger partial charge in [-0.3, -0.25) is 9.78 Å². The normalized spacial score (nSPS) is 11.9. The van der Waals surface area contributed by atoms with Gasteiger partial charge in [-0.25, -0.2) is 0 Å². The van der Waals surface area contributed by atoms with E-state index in [1.54, 1.807) is 12.1 Å². The van der Waals surface area contributed by atoms with Crippen molar-refractivity contribution in [2.75, 3.05) is 0 Å². The second kappa shape index (κ2) is 6.86. The zero-order chi connectivity index (χ0) is 14.5. The summed E-state index contributed by atoms with van der Waals surface area (Å²) in [6.45, 7) is 2.03. The summed E-state index contributed by atoms with van der Waals surface area (Å²) in [4.78, 5) is 16.2. The van der Waals surface area contributed by atoms with E-state index >= 15 is 0 Å². The number of carbonyl (C=O) groups excluding carboxylic acids is 1. The van der Waals surface area contributed by atoms with Gasteiger partial charge in [0, 0.05) is 15.7 Å². The Balaban J connectivity index is 2.14. The van der Waals surface area contributed by atoms with E-state index in [4.69, 9.17) is 11.6 Å². The minimum absolute atomic E-state index is 0.0450. The molecule has 2 aromatic rings. The van der Waals surface area contributed by atoms with E-state index in [1.165, 1.54) is 6.20 Å². The fourth-order valence-electron chi connectivity index (χ4n) is 1.88. The van der Waals surface area contributed by atoms with Gasteiger partial charge in [-0.05, 0) is 36.2 Å². The molecule has 1 unspecified atom stereocenters. The molecular weight excluding hydrogens is 340 g/mol. The lowest BCUT2D eigenvalue weighted by Gasteiger charge is -2.17. The van der Waals surface area contributed by atoms with Crippen LogP contribution in [0.4, 0.5) is 0 Å². The van der Waals surface area contributed by atoms with Crippen LogP contribution in [0.3, 0.4) is 0 Å². The van der Waals surface area contributed by atoms with Crippen molar-refractivity contribution < 1.29 is 4.79 Å². The molecule has 0 aliphatic carbocycles. The Hall–Kier alpha value is -1.39. The molecule has 0 radical (unpaired) electrons. The molecule has 1 aromatic heterocycles. The maximum atomic E-state index is 12.2. The summed E-state index contributed by atoms with van der Waals surface area (Å²) >= 11 is 9.27. The first kappa shape index (κ1) is 15.0. The first-order valence-electron chi connectivity index (χ1n) is 6.28. The Kier molecular flexibility index (Phi) is 5.15. The highest BCUT2D eigenvalue weighted by Crippen LogP contribution is 2.20. The van der Waals surface area contributed by atoms with E-state index in [-0.39, 0.29) is 11.9 Å². The largest absolute Gasteiger partial charge is 0.344 e. The standard InChI is InChI=1S/C15H14BrClN2O/c1-2-13(10-3-5-11(16)6-4-10)19-15(20)14-9-12(17)7-8-18-14/h3-9,13H,2H2,1H3,(H,19,20). The minimum Gasteiger partial charge on any atom is -0.344 e. The van der Waals surface area contributed by atoms with Gasteiger partial charge in [0.25, 0.3) is 5.91 Å². The molecule has 1 heterocycles. The van der Waals surface area contributed by atoms with Crippen molar-refractivity contribution in [3.8, 4) is 0 Å². The first-order valence-corrected chi connectivity index (χ1v) is 7.45. The smallest absolute Gasteiger partial charge is 0.270 e. The van der Waals surface area contributed by atoms with Gasteiger partial charge in [0.2, 0.25) is 0 Å². The van der Waals surface area contributed by atoms with Crippen molar-refractivity contribution in [3.05, 3.63) is 63.3 Å². The van der Waals surface area contributed by atoms with Crippen LogP contribution < -0.4 is 5.32 Å². The van der Waals surface area contributed by atoms with Gasteiger partial charge in [-0.1, -0.05) is 46.6 Å². The van der Waals surface area contributed by atoms with Crippen LogP contribution in [-0.2, 0) is 0 Å². The molecule has 0 spiro atoms.